The van der Waals surface area contributed by atoms with Crippen molar-refractivity contribution in [3.05, 3.63) is 59.4 Å². The second kappa shape index (κ2) is 4.96. The van der Waals surface area contributed by atoms with Gasteiger partial charge in [-0.2, -0.15) is 13.2 Å². The van der Waals surface area contributed by atoms with Crippen molar-refractivity contribution >= 4 is 5.97 Å². The molecular weight excluding hydrogens is 276 g/mol. The molecule has 0 spiro atoms. The Morgan fingerprint density at radius 3 is 2.30 bits per heavy atom. The lowest BCUT2D eigenvalue weighted by Gasteiger charge is -2.11. The Kier molecular flexibility index (Phi) is 3.48. The van der Waals surface area contributed by atoms with Gasteiger partial charge in [-0.1, -0.05) is 12.1 Å². The summed E-state index contributed by atoms with van der Waals surface area (Å²) in [7, 11) is 0. The number of halogens is 4. The standard InChI is InChI=1S/C14H8F4O2/c15-10-3-1-2-8(6-10)12-7-9(14(16,17)18)4-5-11(12)13(19)20/h1-7H,(H,19,20). The van der Waals surface area contributed by atoms with Gasteiger partial charge in [0.05, 0.1) is 11.1 Å². The Morgan fingerprint density at radius 1 is 1.05 bits per heavy atom. The molecule has 6 heteroatoms. The predicted molar refractivity (Wildman–Crippen MR) is 63.8 cm³/mol. The maximum atomic E-state index is 13.2. The molecule has 0 aliphatic heterocycles. The summed E-state index contributed by atoms with van der Waals surface area (Å²) >= 11 is 0. The highest BCUT2D eigenvalue weighted by molar-refractivity contribution is 5.96. The first-order valence-electron chi connectivity index (χ1n) is 5.49. The Bertz CT molecular complexity index is 662. The van der Waals surface area contributed by atoms with Crippen LogP contribution in [0.2, 0.25) is 0 Å². The van der Waals surface area contributed by atoms with Gasteiger partial charge < -0.3 is 5.11 Å². The summed E-state index contributed by atoms with van der Waals surface area (Å²) < 4.78 is 51.2. The third-order valence-electron chi connectivity index (χ3n) is 2.71. The minimum absolute atomic E-state index is 0.0773. The summed E-state index contributed by atoms with van der Waals surface area (Å²) in [6.07, 6.45) is -4.60. The van der Waals surface area contributed by atoms with E-state index in [9.17, 15) is 22.4 Å². The smallest absolute Gasteiger partial charge is 0.416 e. The van der Waals surface area contributed by atoms with Crippen LogP contribution in [0.3, 0.4) is 0 Å². The van der Waals surface area contributed by atoms with E-state index in [4.69, 9.17) is 5.11 Å². The van der Waals surface area contributed by atoms with Crippen LogP contribution in [0, 0.1) is 5.82 Å². The molecule has 0 radical (unpaired) electrons. The van der Waals surface area contributed by atoms with E-state index in [1.54, 1.807) is 0 Å². The Labute approximate surface area is 111 Å². The van der Waals surface area contributed by atoms with Gasteiger partial charge in [-0.25, -0.2) is 9.18 Å². The molecule has 0 aromatic heterocycles. The van der Waals surface area contributed by atoms with E-state index in [1.807, 2.05) is 0 Å². The van der Waals surface area contributed by atoms with Gasteiger partial charge in [0.1, 0.15) is 5.82 Å². The summed E-state index contributed by atoms with van der Waals surface area (Å²) in [4.78, 5) is 11.1. The number of carbonyl (C=O) groups is 1. The van der Waals surface area contributed by atoms with Crippen LogP contribution >= 0.6 is 0 Å². The van der Waals surface area contributed by atoms with Gasteiger partial charge in [0.15, 0.2) is 0 Å². The van der Waals surface area contributed by atoms with Crippen LogP contribution in [0.15, 0.2) is 42.5 Å². The average molecular weight is 284 g/mol. The molecule has 2 rings (SSSR count). The zero-order valence-corrected chi connectivity index (χ0v) is 9.91. The Morgan fingerprint density at radius 2 is 1.75 bits per heavy atom. The maximum Gasteiger partial charge on any atom is 0.416 e. The second-order valence-corrected chi connectivity index (χ2v) is 4.07. The fourth-order valence-corrected chi connectivity index (χ4v) is 1.80. The number of benzene rings is 2. The van der Waals surface area contributed by atoms with Gasteiger partial charge in [0, 0.05) is 0 Å². The van der Waals surface area contributed by atoms with E-state index in [-0.39, 0.29) is 16.7 Å². The summed E-state index contributed by atoms with van der Waals surface area (Å²) in [5.41, 5.74) is -1.40. The second-order valence-electron chi connectivity index (χ2n) is 4.07. The van der Waals surface area contributed by atoms with E-state index in [0.29, 0.717) is 12.1 Å². The predicted octanol–water partition coefficient (Wildman–Crippen LogP) is 4.21. The van der Waals surface area contributed by atoms with Crippen molar-refractivity contribution in [1.82, 2.24) is 0 Å². The molecule has 0 aliphatic rings. The summed E-state index contributed by atoms with van der Waals surface area (Å²) in [6.45, 7) is 0. The van der Waals surface area contributed by atoms with Gasteiger partial charge in [0.2, 0.25) is 0 Å². The van der Waals surface area contributed by atoms with Crippen molar-refractivity contribution in [2.75, 3.05) is 0 Å². The third-order valence-corrected chi connectivity index (χ3v) is 2.71. The summed E-state index contributed by atoms with van der Waals surface area (Å²) in [5.74, 6) is -2.03. The van der Waals surface area contributed by atoms with Gasteiger partial charge in [0.25, 0.3) is 0 Å². The van der Waals surface area contributed by atoms with Crippen molar-refractivity contribution in [3.63, 3.8) is 0 Å². The summed E-state index contributed by atoms with van der Waals surface area (Å²) in [6, 6.07) is 7.02. The SMILES string of the molecule is O=C(O)c1ccc(C(F)(F)F)cc1-c1cccc(F)c1. The lowest BCUT2D eigenvalue weighted by Crippen LogP contribution is -2.07. The Hall–Kier alpha value is -2.37. The topological polar surface area (TPSA) is 37.3 Å². The van der Waals surface area contributed by atoms with Crippen LogP contribution in [0.4, 0.5) is 17.6 Å². The first-order chi connectivity index (χ1) is 9.29. The molecule has 0 saturated carbocycles. The number of alkyl halides is 3. The van der Waals surface area contributed by atoms with E-state index in [0.717, 1.165) is 18.2 Å². The molecule has 0 fully saturated rings. The molecule has 104 valence electrons. The molecule has 2 aromatic rings. The van der Waals surface area contributed by atoms with Crippen LogP contribution in [-0.2, 0) is 6.18 Å². The first kappa shape index (κ1) is 14.0. The number of hydrogen-bond donors (Lipinski definition) is 1. The number of hydrogen-bond acceptors (Lipinski definition) is 1. The van der Waals surface area contributed by atoms with Crippen molar-refractivity contribution in [3.8, 4) is 11.1 Å². The molecule has 0 heterocycles. The molecule has 0 aliphatic carbocycles. The largest absolute Gasteiger partial charge is 0.478 e. The fraction of sp³-hybridized carbons (Fsp3) is 0.0714. The normalized spacial score (nSPS) is 11.4. The van der Waals surface area contributed by atoms with Crippen molar-refractivity contribution < 1.29 is 27.5 Å². The number of aromatic carboxylic acids is 1. The molecule has 0 amide bonds. The highest BCUT2D eigenvalue weighted by Crippen LogP contribution is 2.34. The fourth-order valence-electron chi connectivity index (χ4n) is 1.80. The van der Waals surface area contributed by atoms with Gasteiger partial charge in [-0.15, -0.1) is 0 Å². The number of carboxylic acid groups (broad SMARTS) is 1. The third kappa shape index (κ3) is 2.79. The van der Waals surface area contributed by atoms with Gasteiger partial charge in [-0.3, -0.25) is 0 Å². The highest BCUT2D eigenvalue weighted by Gasteiger charge is 2.31. The highest BCUT2D eigenvalue weighted by atomic mass is 19.4. The number of carboxylic acids is 1. The number of rotatable bonds is 2. The van der Waals surface area contributed by atoms with Crippen LogP contribution in [-0.4, -0.2) is 11.1 Å². The average Bonchev–Trinajstić information content (AvgIpc) is 2.37. The van der Waals surface area contributed by atoms with E-state index >= 15 is 0 Å². The maximum absolute atomic E-state index is 13.2. The van der Waals surface area contributed by atoms with Gasteiger partial charge in [-0.05, 0) is 41.5 Å². The van der Waals surface area contributed by atoms with E-state index in [2.05, 4.69) is 0 Å². The van der Waals surface area contributed by atoms with E-state index < -0.39 is 23.5 Å². The molecule has 0 atom stereocenters. The molecular formula is C14H8F4O2. The van der Waals surface area contributed by atoms with Crippen LogP contribution < -0.4 is 0 Å². The molecule has 0 bridgehead atoms. The minimum Gasteiger partial charge on any atom is -0.478 e. The molecule has 0 unspecified atom stereocenters. The van der Waals surface area contributed by atoms with E-state index in [1.165, 1.54) is 12.1 Å². The zero-order valence-electron chi connectivity index (χ0n) is 9.91. The lowest BCUT2D eigenvalue weighted by atomic mass is 9.97. The van der Waals surface area contributed by atoms with Crippen LogP contribution in [0.5, 0.6) is 0 Å². The molecule has 2 nitrogen and oxygen atoms in total. The lowest BCUT2D eigenvalue weighted by molar-refractivity contribution is -0.137. The summed E-state index contributed by atoms with van der Waals surface area (Å²) in [5, 5.41) is 9.01. The monoisotopic (exact) mass is 284 g/mol. The van der Waals surface area contributed by atoms with Crippen LogP contribution in [0.25, 0.3) is 11.1 Å². The van der Waals surface area contributed by atoms with Gasteiger partial charge >= 0.3 is 12.1 Å². The zero-order chi connectivity index (χ0) is 14.9. The first-order valence-corrected chi connectivity index (χ1v) is 5.49. The Balaban J connectivity index is 2.67. The molecule has 1 N–H and O–H groups in total. The molecule has 20 heavy (non-hydrogen) atoms. The van der Waals surface area contributed by atoms with Crippen molar-refractivity contribution in [1.29, 1.82) is 0 Å². The minimum atomic E-state index is -4.60. The quantitative estimate of drug-likeness (QED) is 0.839. The van der Waals surface area contributed by atoms with Crippen LogP contribution in [0.1, 0.15) is 15.9 Å². The molecule has 2 aromatic carbocycles. The van der Waals surface area contributed by atoms with Crippen molar-refractivity contribution in [2.45, 2.75) is 6.18 Å². The molecule has 0 saturated heterocycles. The van der Waals surface area contributed by atoms with Crippen molar-refractivity contribution in [2.24, 2.45) is 0 Å².